The lowest BCUT2D eigenvalue weighted by Crippen LogP contribution is -2.44. The Morgan fingerprint density at radius 2 is 2.13 bits per heavy atom. The summed E-state index contributed by atoms with van der Waals surface area (Å²) in [6, 6.07) is 2.56. The van der Waals surface area contributed by atoms with Gasteiger partial charge in [0, 0.05) is 45.5 Å². The molecular formula is C16H24N6O. The molecule has 124 valence electrons. The van der Waals surface area contributed by atoms with E-state index in [-0.39, 0.29) is 0 Å². The maximum Gasteiger partial charge on any atom is 0.142 e. The lowest BCUT2D eigenvalue weighted by Gasteiger charge is -2.31. The first-order chi connectivity index (χ1) is 11.3. The third-order valence-electron chi connectivity index (χ3n) is 4.97. The van der Waals surface area contributed by atoms with Crippen molar-refractivity contribution in [2.75, 3.05) is 58.0 Å². The molecule has 0 spiro atoms. The zero-order chi connectivity index (χ0) is 15.6. The van der Waals surface area contributed by atoms with Crippen LogP contribution in [0.4, 0.5) is 5.82 Å². The second-order valence-corrected chi connectivity index (χ2v) is 6.44. The molecule has 2 aliphatic heterocycles. The average molecular weight is 316 g/mol. The number of likely N-dealkylation sites (N-methyl/N-ethyl adjacent to an activating group) is 1. The summed E-state index contributed by atoms with van der Waals surface area (Å²) in [7, 11) is 2.15. The highest BCUT2D eigenvalue weighted by Gasteiger charge is 2.28. The summed E-state index contributed by atoms with van der Waals surface area (Å²) >= 11 is 0. The van der Waals surface area contributed by atoms with Crippen LogP contribution in [0.25, 0.3) is 11.0 Å². The van der Waals surface area contributed by atoms with Crippen LogP contribution in [0.3, 0.4) is 0 Å². The number of H-pyrrole nitrogens is 1. The van der Waals surface area contributed by atoms with Crippen molar-refractivity contribution in [3.05, 3.63) is 18.6 Å². The number of rotatable bonds is 4. The fraction of sp³-hybridized carbons (Fsp3) is 0.625. The van der Waals surface area contributed by atoms with Gasteiger partial charge in [0.1, 0.15) is 17.8 Å². The highest BCUT2D eigenvalue weighted by Crippen LogP contribution is 2.25. The first-order valence-corrected chi connectivity index (χ1v) is 8.34. The SMILES string of the molecule is CN(c1ncnc2[nH]ccc12)C1CCN(CN2CCOCC2)C1. The van der Waals surface area contributed by atoms with E-state index in [4.69, 9.17) is 4.74 Å². The first-order valence-electron chi connectivity index (χ1n) is 8.34. The summed E-state index contributed by atoms with van der Waals surface area (Å²) in [5.41, 5.74) is 0.907. The summed E-state index contributed by atoms with van der Waals surface area (Å²) in [4.78, 5) is 19.3. The highest BCUT2D eigenvalue weighted by molar-refractivity contribution is 5.87. The number of aromatic nitrogens is 3. The van der Waals surface area contributed by atoms with Crippen molar-refractivity contribution in [1.29, 1.82) is 0 Å². The molecule has 2 saturated heterocycles. The number of hydrogen-bond acceptors (Lipinski definition) is 6. The molecule has 7 nitrogen and oxygen atoms in total. The van der Waals surface area contributed by atoms with Crippen molar-refractivity contribution in [2.45, 2.75) is 12.5 Å². The number of hydrogen-bond donors (Lipinski definition) is 1. The highest BCUT2D eigenvalue weighted by atomic mass is 16.5. The summed E-state index contributed by atoms with van der Waals surface area (Å²) in [5.74, 6) is 1.02. The van der Waals surface area contributed by atoms with Gasteiger partial charge in [-0.3, -0.25) is 9.80 Å². The minimum atomic E-state index is 0.504. The van der Waals surface area contributed by atoms with E-state index < -0.39 is 0 Å². The van der Waals surface area contributed by atoms with Gasteiger partial charge in [0.15, 0.2) is 0 Å². The third kappa shape index (κ3) is 3.04. The van der Waals surface area contributed by atoms with E-state index in [2.05, 4.69) is 42.8 Å². The molecule has 2 aromatic rings. The first kappa shape index (κ1) is 14.9. The number of morpholine rings is 1. The standard InChI is InChI=1S/C16H24N6O/c1-20(16-14-2-4-17-15(14)18-11-19-16)13-3-5-22(10-13)12-21-6-8-23-9-7-21/h2,4,11,13H,3,5-10,12H2,1H3,(H,17,18,19). The number of fused-ring (bicyclic) bond motifs is 1. The van der Waals surface area contributed by atoms with Crippen LogP contribution in [0, 0.1) is 0 Å². The van der Waals surface area contributed by atoms with Crippen molar-refractivity contribution >= 4 is 16.9 Å². The predicted molar refractivity (Wildman–Crippen MR) is 89.5 cm³/mol. The van der Waals surface area contributed by atoms with Gasteiger partial charge in [-0.1, -0.05) is 0 Å². The van der Waals surface area contributed by atoms with Crippen LogP contribution in [0.1, 0.15) is 6.42 Å². The quantitative estimate of drug-likeness (QED) is 0.898. The van der Waals surface area contributed by atoms with Crippen molar-refractivity contribution in [2.24, 2.45) is 0 Å². The van der Waals surface area contributed by atoms with Crippen LogP contribution < -0.4 is 4.90 Å². The molecular weight excluding hydrogens is 292 g/mol. The van der Waals surface area contributed by atoms with Crippen LogP contribution in [0.5, 0.6) is 0 Å². The Morgan fingerprint density at radius 1 is 1.26 bits per heavy atom. The van der Waals surface area contributed by atoms with Crippen LogP contribution in [0.2, 0.25) is 0 Å². The van der Waals surface area contributed by atoms with E-state index >= 15 is 0 Å². The fourth-order valence-electron chi connectivity index (χ4n) is 3.59. The number of ether oxygens (including phenoxy) is 1. The Labute approximate surface area is 136 Å². The smallest absolute Gasteiger partial charge is 0.142 e. The Morgan fingerprint density at radius 3 is 3.00 bits per heavy atom. The number of likely N-dealkylation sites (tertiary alicyclic amines) is 1. The minimum absolute atomic E-state index is 0.504. The molecule has 0 bridgehead atoms. The molecule has 23 heavy (non-hydrogen) atoms. The molecule has 1 N–H and O–H groups in total. The fourth-order valence-corrected chi connectivity index (χ4v) is 3.59. The normalized spacial score (nSPS) is 23.6. The van der Waals surface area contributed by atoms with Crippen molar-refractivity contribution in [1.82, 2.24) is 24.8 Å². The molecule has 0 aromatic carbocycles. The summed E-state index contributed by atoms with van der Waals surface area (Å²) in [5, 5.41) is 1.10. The van der Waals surface area contributed by atoms with Crippen LogP contribution >= 0.6 is 0 Å². The number of anilines is 1. The largest absolute Gasteiger partial charge is 0.379 e. The molecule has 2 aromatic heterocycles. The maximum atomic E-state index is 5.43. The van der Waals surface area contributed by atoms with E-state index in [1.165, 1.54) is 6.42 Å². The van der Waals surface area contributed by atoms with Gasteiger partial charge in [-0.05, 0) is 12.5 Å². The van der Waals surface area contributed by atoms with E-state index in [1.807, 2.05) is 6.20 Å². The summed E-state index contributed by atoms with van der Waals surface area (Å²) in [6.45, 7) is 7.11. The lowest BCUT2D eigenvalue weighted by atomic mass is 10.2. The molecule has 0 radical (unpaired) electrons. The summed E-state index contributed by atoms with van der Waals surface area (Å²) < 4.78 is 5.43. The van der Waals surface area contributed by atoms with Gasteiger partial charge in [-0.2, -0.15) is 0 Å². The van der Waals surface area contributed by atoms with Crippen molar-refractivity contribution in [3.8, 4) is 0 Å². The van der Waals surface area contributed by atoms with Crippen LogP contribution in [0.15, 0.2) is 18.6 Å². The number of nitrogens with one attached hydrogen (secondary N) is 1. The Balaban J connectivity index is 1.41. The number of nitrogens with zero attached hydrogens (tertiary/aromatic N) is 5. The molecule has 0 aliphatic carbocycles. The molecule has 4 heterocycles. The minimum Gasteiger partial charge on any atom is -0.379 e. The molecule has 0 saturated carbocycles. The molecule has 2 aliphatic rings. The van der Waals surface area contributed by atoms with Crippen LogP contribution in [-0.2, 0) is 4.74 Å². The van der Waals surface area contributed by atoms with E-state index in [0.29, 0.717) is 6.04 Å². The maximum absolute atomic E-state index is 5.43. The second-order valence-electron chi connectivity index (χ2n) is 6.44. The van der Waals surface area contributed by atoms with E-state index in [0.717, 1.165) is 62.9 Å². The zero-order valence-electron chi connectivity index (χ0n) is 13.6. The average Bonchev–Trinajstić information content (AvgIpc) is 3.24. The van der Waals surface area contributed by atoms with Gasteiger partial charge < -0.3 is 14.6 Å². The van der Waals surface area contributed by atoms with Crippen LogP contribution in [-0.4, -0.2) is 83.9 Å². The topological polar surface area (TPSA) is 60.5 Å². The van der Waals surface area contributed by atoms with Gasteiger partial charge >= 0.3 is 0 Å². The van der Waals surface area contributed by atoms with Gasteiger partial charge in [-0.25, -0.2) is 9.97 Å². The predicted octanol–water partition coefficient (Wildman–Crippen LogP) is 0.758. The monoisotopic (exact) mass is 316 g/mol. The molecule has 1 unspecified atom stereocenters. The van der Waals surface area contributed by atoms with E-state index in [1.54, 1.807) is 6.33 Å². The van der Waals surface area contributed by atoms with Gasteiger partial charge in [0.2, 0.25) is 0 Å². The molecule has 1 atom stereocenters. The Hall–Kier alpha value is -1.70. The van der Waals surface area contributed by atoms with Gasteiger partial charge in [-0.15, -0.1) is 0 Å². The van der Waals surface area contributed by atoms with E-state index in [9.17, 15) is 0 Å². The molecule has 0 amide bonds. The summed E-state index contributed by atoms with van der Waals surface area (Å²) in [6.07, 6.45) is 4.75. The molecule has 4 rings (SSSR count). The molecule has 2 fully saturated rings. The zero-order valence-corrected chi connectivity index (χ0v) is 13.6. The Bertz CT molecular complexity index is 653. The Kier molecular flexibility index (Phi) is 4.15. The van der Waals surface area contributed by atoms with Crippen molar-refractivity contribution < 1.29 is 4.74 Å². The third-order valence-corrected chi connectivity index (χ3v) is 4.97. The van der Waals surface area contributed by atoms with Gasteiger partial charge in [0.05, 0.1) is 25.3 Å². The van der Waals surface area contributed by atoms with Gasteiger partial charge in [0.25, 0.3) is 0 Å². The number of aromatic amines is 1. The molecule has 7 heteroatoms. The second kappa shape index (κ2) is 6.43. The van der Waals surface area contributed by atoms with Crippen molar-refractivity contribution in [3.63, 3.8) is 0 Å². The lowest BCUT2D eigenvalue weighted by molar-refractivity contribution is 0.0141.